The number of aromatic carboxylic acids is 4. The molecule has 2 aromatic heterocycles. The minimum Gasteiger partial charge on any atom is -0.478 e. The van der Waals surface area contributed by atoms with Crippen molar-refractivity contribution >= 4 is 23.9 Å². The Morgan fingerprint density at radius 3 is 1.17 bits per heavy atom. The number of aromatic nitrogens is 2. The molecule has 0 fully saturated rings. The number of hydrogen-bond acceptors (Lipinski definition) is 6. The predicted molar refractivity (Wildman–Crippen MR) is 99.3 cm³/mol. The van der Waals surface area contributed by atoms with Gasteiger partial charge in [-0.3, -0.25) is 0 Å². The molecule has 0 saturated heterocycles. The smallest absolute Gasteiger partial charge is 0.352 e. The van der Waals surface area contributed by atoms with E-state index < -0.39 is 70.0 Å². The Kier molecular flexibility index (Phi) is 6.33. The largest absolute Gasteiger partial charge is 0.478 e. The van der Waals surface area contributed by atoms with E-state index in [0.717, 1.165) is 0 Å². The zero-order valence-corrected chi connectivity index (χ0v) is 16.4. The molecule has 0 aliphatic heterocycles. The van der Waals surface area contributed by atoms with Gasteiger partial charge in [-0.1, -0.05) is 0 Å². The van der Waals surface area contributed by atoms with E-state index in [0.29, 0.717) is 0 Å². The second-order valence-electron chi connectivity index (χ2n) is 6.30. The van der Waals surface area contributed by atoms with Gasteiger partial charge in [0.1, 0.15) is 11.4 Å². The number of nitrogens with one attached hydrogen (secondary N) is 2. The van der Waals surface area contributed by atoms with Crippen molar-refractivity contribution in [2.75, 3.05) is 14.2 Å². The van der Waals surface area contributed by atoms with Crippen molar-refractivity contribution in [1.82, 2.24) is 9.97 Å². The topological polar surface area (TPSA) is 199 Å². The maximum absolute atomic E-state index is 12.0. The maximum Gasteiger partial charge on any atom is 0.352 e. The zero-order chi connectivity index (χ0) is 22.9. The lowest BCUT2D eigenvalue weighted by molar-refractivity contribution is 0.0654. The highest BCUT2D eigenvalue weighted by molar-refractivity contribution is 6.07. The molecule has 2 atom stereocenters. The second-order valence-corrected chi connectivity index (χ2v) is 6.30. The van der Waals surface area contributed by atoms with E-state index in [4.69, 9.17) is 9.47 Å². The van der Waals surface area contributed by atoms with Crippen molar-refractivity contribution in [3.8, 4) is 11.4 Å². The highest BCUT2D eigenvalue weighted by Gasteiger charge is 2.36. The van der Waals surface area contributed by atoms with Gasteiger partial charge in [0.2, 0.25) is 0 Å². The summed E-state index contributed by atoms with van der Waals surface area (Å²) < 4.78 is 10.2. The number of ether oxygens (including phenoxy) is 2. The van der Waals surface area contributed by atoms with Crippen LogP contribution in [-0.4, -0.2) is 68.5 Å². The number of rotatable bonds is 9. The van der Waals surface area contributed by atoms with Crippen molar-refractivity contribution in [3.05, 3.63) is 33.6 Å². The number of hydrogen-bond donors (Lipinski definition) is 6. The molecule has 0 spiro atoms. The van der Waals surface area contributed by atoms with Crippen LogP contribution >= 0.6 is 0 Å². The summed E-state index contributed by atoms with van der Waals surface area (Å²) in [5.74, 6) is -6.13. The molecular formula is C18H20N2O10. The van der Waals surface area contributed by atoms with E-state index in [-0.39, 0.29) is 11.1 Å². The van der Waals surface area contributed by atoms with Gasteiger partial charge >= 0.3 is 23.9 Å². The van der Waals surface area contributed by atoms with Crippen molar-refractivity contribution in [2.24, 2.45) is 0 Å². The van der Waals surface area contributed by atoms with Gasteiger partial charge in [0.05, 0.1) is 34.7 Å². The van der Waals surface area contributed by atoms with E-state index in [1.165, 1.54) is 28.1 Å². The van der Waals surface area contributed by atoms with Crippen LogP contribution in [0.1, 0.15) is 78.9 Å². The van der Waals surface area contributed by atoms with Gasteiger partial charge in [-0.05, 0) is 13.8 Å². The Labute approximate surface area is 169 Å². The maximum atomic E-state index is 12.0. The van der Waals surface area contributed by atoms with Gasteiger partial charge in [-0.2, -0.15) is 0 Å². The predicted octanol–water partition coefficient (Wildman–Crippen LogP) is 2.22. The van der Waals surface area contributed by atoms with Crippen LogP contribution in [0.2, 0.25) is 0 Å². The number of carboxylic acid groups (broad SMARTS) is 4. The van der Waals surface area contributed by atoms with E-state index >= 15 is 0 Å². The third-order valence-electron chi connectivity index (χ3n) is 4.70. The summed E-state index contributed by atoms with van der Waals surface area (Å²) in [6.07, 6.45) is -1.96. The minimum atomic E-state index is -1.56. The van der Waals surface area contributed by atoms with Gasteiger partial charge in [0, 0.05) is 25.3 Å². The normalized spacial score (nSPS) is 13.1. The fraction of sp³-hybridized carbons (Fsp3) is 0.333. The summed E-state index contributed by atoms with van der Waals surface area (Å²) in [6, 6.07) is 0. The Bertz CT molecular complexity index is 950. The summed E-state index contributed by atoms with van der Waals surface area (Å²) in [5.41, 5.74) is -3.44. The first-order valence-electron chi connectivity index (χ1n) is 8.48. The van der Waals surface area contributed by atoms with E-state index in [1.54, 1.807) is 0 Å². The number of methoxy groups -OCH3 is 2. The first-order valence-corrected chi connectivity index (χ1v) is 8.48. The van der Waals surface area contributed by atoms with Gasteiger partial charge in [0.25, 0.3) is 0 Å². The van der Waals surface area contributed by atoms with Crippen molar-refractivity contribution < 1.29 is 49.1 Å². The van der Waals surface area contributed by atoms with Gasteiger partial charge < -0.3 is 39.9 Å². The molecule has 2 rings (SSSR count). The van der Waals surface area contributed by atoms with Crippen LogP contribution in [0.4, 0.5) is 0 Å². The molecule has 0 radical (unpaired) electrons. The van der Waals surface area contributed by atoms with Crippen molar-refractivity contribution in [3.63, 3.8) is 0 Å². The monoisotopic (exact) mass is 424 g/mol. The molecule has 12 heteroatoms. The Morgan fingerprint density at radius 2 is 0.967 bits per heavy atom. The first-order chi connectivity index (χ1) is 14.0. The third kappa shape index (κ3) is 3.65. The molecule has 2 aromatic rings. The lowest BCUT2D eigenvalue weighted by atomic mass is 9.99. The molecule has 12 nitrogen and oxygen atoms in total. The van der Waals surface area contributed by atoms with Crippen LogP contribution in [0.5, 0.6) is 0 Å². The molecule has 0 bridgehead atoms. The molecule has 30 heavy (non-hydrogen) atoms. The SMILES string of the molecule is COC(C)c1c(C(=O)O)[nH]c(-c2[nH]c(C(=O)O)c(C(C)OC)c2C(=O)O)c1C(=O)O. The van der Waals surface area contributed by atoms with Crippen LogP contribution < -0.4 is 0 Å². The molecule has 162 valence electrons. The molecule has 0 aromatic carbocycles. The summed E-state index contributed by atoms with van der Waals surface area (Å²) in [5, 5.41) is 38.5. The second kappa shape index (κ2) is 8.39. The molecule has 0 aliphatic carbocycles. The summed E-state index contributed by atoms with van der Waals surface area (Å²) in [7, 11) is 2.49. The molecule has 0 amide bonds. The van der Waals surface area contributed by atoms with E-state index in [1.807, 2.05) is 0 Å². The fourth-order valence-corrected chi connectivity index (χ4v) is 3.23. The van der Waals surface area contributed by atoms with Crippen molar-refractivity contribution in [1.29, 1.82) is 0 Å². The van der Waals surface area contributed by atoms with Gasteiger partial charge in [-0.15, -0.1) is 0 Å². The van der Waals surface area contributed by atoms with Crippen molar-refractivity contribution in [2.45, 2.75) is 26.1 Å². The number of carbonyl (C=O) groups is 4. The first kappa shape index (κ1) is 22.6. The highest BCUT2D eigenvalue weighted by Crippen LogP contribution is 2.38. The summed E-state index contributed by atoms with van der Waals surface area (Å²) in [6.45, 7) is 2.83. The summed E-state index contributed by atoms with van der Waals surface area (Å²) in [4.78, 5) is 52.2. The van der Waals surface area contributed by atoms with Crippen LogP contribution in [0.15, 0.2) is 0 Å². The average Bonchev–Trinajstić information content (AvgIpc) is 3.25. The standard InChI is InChI=1S/C18H20N2O10/c1-5(29-3)7-9(15(21)22)11(19-13(7)17(25)26)12-10(16(23)24)8(6(2)30-4)14(20-12)18(27)28/h5-6,19-20H,1-4H3,(H,21,22)(H,23,24)(H,25,26)(H,27,28). The number of carboxylic acids is 4. The lowest BCUT2D eigenvalue weighted by Crippen LogP contribution is -2.10. The average molecular weight is 424 g/mol. The Morgan fingerprint density at radius 1 is 0.667 bits per heavy atom. The quantitative estimate of drug-likeness (QED) is 0.347. The van der Waals surface area contributed by atoms with E-state index in [9.17, 15) is 39.6 Å². The van der Waals surface area contributed by atoms with Crippen LogP contribution in [0.25, 0.3) is 11.4 Å². The summed E-state index contributed by atoms with van der Waals surface area (Å²) >= 11 is 0. The third-order valence-corrected chi connectivity index (χ3v) is 4.70. The fourth-order valence-electron chi connectivity index (χ4n) is 3.23. The Balaban J connectivity index is 3.04. The molecule has 0 saturated carbocycles. The number of H-pyrrole nitrogens is 2. The molecule has 6 N–H and O–H groups in total. The van der Waals surface area contributed by atoms with Crippen LogP contribution in [0, 0.1) is 0 Å². The molecule has 0 aliphatic rings. The minimum absolute atomic E-state index is 0.225. The lowest BCUT2D eigenvalue weighted by Gasteiger charge is -2.11. The molecule has 2 unspecified atom stereocenters. The molecule has 2 heterocycles. The highest BCUT2D eigenvalue weighted by atomic mass is 16.5. The zero-order valence-electron chi connectivity index (χ0n) is 16.4. The van der Waals surface area contributed by atoms with Gasteiger partial charge in [-0.25, -0.2) is 19.2 Å². The molecular weight excluding hydrogens is 404 g/mol. The number of aromatic amines is 2. The van der Waals surface area contributed by atoms with Crippen LogP contribution in [0.3, 0.4) is 0 Å². The van der Waals surface area contributed by atoms with Crippen LogP contribution in [-0.2, 0) is 9.47 Å². The van der Waals surface area contributed by atoms with E-state index in [2.05, 4.69) is 9.97 Å². The van der Waals surface area contributed by atoms with Gasteiger partial charge in [0.15, 0.2) is 0 Å². The Hall–Kier alpha value is -3.64.